The molecule has 2 saturated heterocycles. The Morgan fingerprint density at radius 2 is 1.74 bits per heavy atom. The number of likely N-dealkylation sites (tertiary alicyclic amines) is 2. The van der Waals surface area contributed by atoms with Crippen molar-refractivity contribution < 1.29 is 23.5 Å². The average Bonchev–Trinajstić information content (AvgIpc) is 3.09. The van der Waals surface area contributed by atoms with E-state index >= 15 is 0 Å². The quantitative estimate of drug-likeness (QED) is 0.247. The SMILES string of the molecule is COc1cccc2c(=O)cc(C(=O)N[C@@H](Cc3ccc(Cl)cc3)C(=O)N3CCC(c4ccccc4CN4CCCCC4=O)CC3)oc12. The smallest absolute Gasteiger partial charge is 0.287 e. The van der Waals surface area contributed by atoms with Crippen LogP contribution in [0.4, 0.5) is 0 Å². The number of amides is 3. The Morgan fingerprint density at radius 1 is 0.979 bits per heavy atom. The topological polar surface area (TPSA) is 109 Å². The zero-order chi connectivity index (χ0) is 32.9. The first-order chi connectivity index (χ1) is 22.8. The van der Waals surface area contributed by atoms with E-state index in [0.29, 0.717) is 42.2 Å². The average molecular weight is 656 g/mol. The molecule has 1 N–H and O–H groups in total. The third-order valence-corrected chi connectivity index (χ3v) is 9.45. The number of nitrogens with zero attached hydrogens (tertiary/aromatic N) is 2. The molecule has 1 atom stereocenters. The van der Waals surface area contributed by atoms with Crippen molar-refractivity contribution in [3.63, 3.8) is 0 Å². The molecule has 1 aromatic heterocycles. The molecule has 0 aliphatic carbocycles. The van der Waals surface area contributed by atoms with Crippen molar-refractivity contribution >= 4 is 40.3 Å². The summed E-state index contributed by atoms with van der Waals surface area (Å²) in [6, 6.07) is 20.6. The second-order valence-electron chi connectivity index (χ2n) is 12.2. The lowest BCUT2D eigenvalue weighted by atomic mass is 9.86. The number of fused-ring (bicyclic) bond motifs is 1. The summed E-state index contributed by atoms with van der Waals surface area (Å²) in [6.07, 6.45) is 4.35. The van der Waals surface area contributed by atoms with E-state index in [2.05, 4.69) is 17.4 Å². The van der Waals surface area contributed by atoms with E-state index in [1.165, 1.54) is 12.7 Å². The van der Waals surface area contributed by atoms with Gasteiger partial charge in [0.15, 0.2) is 22.5 Å². The minimum absolute atomic E-state index is 0.167. The maximum absolute atomic E-state index is 14.1. The Hall–Kier alpha value is -4.63. The van der Waals surface area contributed by atoms with Crippen molar-refractivity contribution in [2.75, 3.05) is 26.7 Å². The lowest BCUT2D eigenvalue weighted by Gasteiger charge is -2.36. The summed E-state index contributed by atoms with van der Waals surface area (Å²) in [7, 11) is 1.46. The monoisotopic (exact) mass is 655 g/mol. The molecule has 244 valence electrons. The van der Waals surface area contributed by atoms with E-state index in [0.717, 1.165) is 49.4 Å². The van der Waals surface area contributed by atoms with Crippen LogP contribution in [0.15, 0.2) is 82.0 Å². The van der Waals surface area contributed by atoms with Crippen LogP contribution in [0.5, 0.6) is 5.75 Å². The van der Waals surface area contributed by atoms with Gasteiger partial charge in [0.1, 0.15) is 6.04 Å². The van der Waals surface area contributed by atoms with Gasteiger partial charge < -0.3 is 24.3 Å². The van der Waals surface area contributed by atoms with Crippen LogP contribution in [0.1, 0.15) is 65.3 Å². The Labute approximate surface area is 278 Å². The van der Waals surface area contributed by atoms with E-state index in [4.69, 9.17) is 20.8 Å². The second-order valence-corrected chi connectivity index (χ2v) is 12.7. The number of para-hydroxylation sites is 1. The van der Waals surface area contributed by atoms with Crippen molar-refractivity contribution in [1.82, 2.24) is 15.1 Å². The standard InChI is InChI=1S/C37H38ClN3O6/c1-46-32-10-6-9-29-31(42)22-33(47-35(29)32)36(44)39-30(21-24-12-14-27(38)15-13-24)37(45)40-19-16-25(17-20-40)28-8-3-2-7-26(28)23-41-18-5-4-11-34(41)43/h2-3,6-10,12-15,22,25,30H,4-5,11,16-21,23H2,1H3,(H,39,44)/t30-/m0/s1. The summed E-state index contributed by atoms with van der Waals surface area (Å²) < 4.78 is 11.2. The molecular weight excluding hydrogens is 618 g/mol. The number of carbonyl (C=O) groups is 3. The summed E-state index contributed by atoms with van der Waals surface area (Å²) >= 11 is 6.10. The molecule has 0 radical (unpaired) electrons. The number of rotatable bonds is 9. The summed E-state index contributed by atoms with van der Waals surface area (Å²) in [6.45, 7) is 2.45. The third kappa shape index (κ3) is 7.36. The second kappa shape index (κ2) is 14.4. The van der Waals surface area contributed by atoms with Gasteiger partial charge in [-0.2, -0.15) is 0 Å². The molecule has 2 aliphatic rings. The summed E-state index contributed by atoms with van der Waals surface area (Å²) in [5.41, 5.74) is 2.99. The number of nitrogens with one attached hydrogen (secondary N) is 1. The van der Waals surface area contributed by atoms with Gasteiger partial charge in [0.2, 0.25) is 11.8 Å². The van der Waals surface area contributed by atoms with Crippen molar-refractivity contribution in [2.24, 2.45) is 0 Å². The van der Waals surface area contributed by atoms with Crippen molar-refractivity contribution in [2.45, 2.75) is 57.0 Å². The van der Waals surface area contributed by atoms with Gasteiger partial charge in [0.05, 0.1) is 12.5 Å². The zero-order valence-corrected chi connectivity index (χ0v) is 27.1. The number of methoxy groups -OCH3 is 1. The highest BCUT2D eigenvalue weighted by Gasteiger charge is 2.32. The van der Waals surface area contributed by atoms with E-state index in [1.54, 1.807) is 35.2 Å². The number of hydrogen-bond acceptors (Lipinski definition) is 6. The number of halogens is 1. The Kier molecular flexibility index (Phi) is 9.92. The Balaban J connectivity index is 1.19. The molecule has 6 rings (SSSR count). The van der Waals surface area contributed by atoms with Crippen LogP contribution in [0, 0.1) is 0 Å². The molecular formula is C37H38ClN3O6. The van der Waals surface area contributed by atoms with E-state index in [9.17, 15) is 19.2 Å². The Morgan fingerprint density at radius 3 is 2.49 bits per heavy atom. The molecule has 0 saturated carbocycles. The van der Waals surface area contributed by atoms with E-state index in [-0.39, 0.29) is 40.9 Å². The van der Waals surface area contributed by atoms with Gasteiger partial charge in [-0.1, -0.05) is 54.1 Å². The van der Waals surface area contributed by atoms with Gasteiger partial charge in [0, 0.05) is 50.1 Å². The van der Waals surface area contributed by atoms with Gasteiger partial charge in [0.25, 0.3) is 5.91 Å². The maximum atomic E-state index is 14.1. The van der Waals surface area contributed by atoms with Crippen LogP contribution in [0.3, 0.4) is 0 Å². The zero-order valence-electron chi connectivity index (χ0n) is 26.4. The first kappa shape index (κ1) is 32.3. The normalized spacial score (nSPS) is 16.3. The summed E-state index contributed by atoms with van der Waals surface area (Å²) in [4.78, 5) is 56.7. The molecule has 10 heteroatoms. The summed E-state index contributed by atoms with van der Waals surface area (Å²) in [5, 5.41) is 3.71. The number of piperidine rings is 2. The van der Waals surface area contributed by atoms with Crippen LogP contribution in [-0.4, -0.2) is 60.3 Å². The predicted octanol–water partition coefficient (Wildman–Crippen LogP) is 5.71. The van der Waals surface area contributed by atoms with Gasteiger partial charge in [-0.05, 0) is 72.6 Å². The number of carbonyl (C=O) groups excluding carboxylic acids is 3. The third-order valence-electron chi connectivity index (χ3n) is 9.20. The molecule has 0 bridgehead atoms. The largest absolute Gasteiger partial charge is 0.493 e. The van der Waals surface area contributed by atoms with Crippen molar-refractivity contribution in [3.8, 4) is 5.75 Å². The van der Waals surface area contributed by atoms with Gasteiger partial charge >= 0.3 is 0 Å². The van der Waals surface area contributed by atoms with Crippen molar-refractivity contribution in [3.05, 3.63) is 110 Å². The van der Waals surface area contributed by atoms with Crippen LogP contribution in [-0.2, 0) is 22.6 Å². The van der Waals surface area contributed by atoms with Crippen LogP contribution < -0.4 is 15.5 Å². The molecule has 3 aromatic carbocycles. The predicted molar refractivity (Wildman–Crippen MR) is 180 cm³/mol. The Bertz CT molecular complexity index is 1830. The van der Waals surface area contributed by atoms with Crippen molar-refractivity contribution in [1.29, 1.82) is 0 Å². The fourth-order valence-corrected chi connectivity index (χ4v) is 6.78. The van der Waals surface area contributed by atoms with Crippen LogP contribution in [0.25, 0.3) is 11.0 Å². The lowest BCUT2D eigenvalue weighted by Crippen LogP contribution is -2.51. The highest BCUT2D eigenvalue weighted by Crippen LogP contribution is 2.32. The highest BCUT2D eigenvalue weighted by molar-refractivity contribution is 6.30. The maximum Gasteiger partial charge on any atom is 0.287 e. The molecule has 3 heterocycles. The number of benzene rings is 3. The molecule has 0 spiro atoms. The van der Waals surface area contributed by atoms with Crippen LogP contribution in [0.2, 0.25) is 5.02 Å². The molecule has 3 amide bonds. The molecule has 47 heavy (non-hydrogen) atoms. The first-order valence-corrected chi connectivity index (χ1v) is 16.5. The van der Waals surface area contributed by atoms with E-state index < -0.39 is 11.9 Å². The van der Waals surface area contributed by atoms with Gasteiger partial charge in [-0.15, -0.1) is 0 Å². The fourth-order valence-electron chi connectivity index (χ4n) is 6.65. The highest BCUT2D eigenvalue weighted by atomic mass is 35.5. The molecule has 2 fully saturated rings. The fraction of sp³-hybridized carbons (Fsp3) is 0.351. The minimum atomic E-state index is -0.906. The number of ether oxygens (including phenoxy) is 1. The minimum Gasteiger partial charge on any atom is -0.493 e. The lowest BCUT2D eigenvalue weighted by molar-refractivity contribution is -0.135. The first-order valence-electron chi connectivity index (χ1n) is 16.1. The van der Waals surface area contributed by atoms with Crippen LogP contribution >= 0.6 is 11.6 Å². The molecule has 4 aromatic rings. The number of hydrogen-bond donors (Lipinski definition) is 1. The molecule has 9 nitrogen and oxygen atoms in total. The van der Waals surface area contributed by atoms with E-state index in [1.807, 2.05) is 29.2 Å². The van der Waals surface area contributed by atoms with Gasteiger partial charge in [-0.25, -0.2) is 0 Å². The molecule has 2 aliphatic heterocycles. The summed E-state index contributed by atoms with van der Waals surface area (Å²) in [5.74, 6) is -0.292. The van der Waals surface area contributed by atoms with Gasteiger partial charge in [-0.3, -0.25) is 19.2 Å². The molecule has 0 unspecified atom stereocenters.